The zero-order valence-electron chi connectivity index (χ0n) is 14.4. The molecule has 0 fully saturated rings. The summed E-state index contributed by atoms with van der Waals surface area (Å²) in [6.45, 7) is 3.60. The van der Waals surface area contributed by atoms with Gasteiger partial charge in [-0.2, -0.15) is 0 Å². The van der Waals surface area contributed by atoms with E-state index in [9.17, 15) is 13.2 Å². The molecular weight excluding hydrogens is 404 g/mol. The van der Waals surface area contributed by atoms with Crippen LogP contribution in [0.25, 0.3) is 0 Å². The van der Waals surface area contributed by atoms with Crippen LogP contribution in [-0.4, -0.2) is 26.6 Å². The monoisotopic (exact) mass is 424 g/mol. The van der Waals surface area contributed by atoms with Crippen molar-refractivity contribution >= 4 is 43.2 Å². The van der Waals surface area contributed by atoms with E-state index in [-0.39, 0.29) is 0 Å². The number of anilines is 2. The number of hydrogen-bond donors (Lipinski definition) is 1. The molecule has 0 saturated carbocycles. The number of benzene rings is 2. The minimum Gasteiger partial charge on any atom is -0.323 e. The number of amides is 1. The molecule has 0 spiro atoms. The van der Waals surface area contributed by atoms with Crippen LogP contribution in [0.5, 0.6) is 0 Å². The third kappa shape index (κ3) is 4.83. The predicted molar refractivity (Wildman–Crippen MR) is 105 cm³/mol. The summed E-state index contributed by atoms with van der Waals surface area (Å²) in [4.78, 5) is 12.6. The van der Waals surface area contributed by atoms with Gasteiger partial charge in [0.1, 0.15) is 6.04 Å². The van der Waals surface area contributed by atoms with E-state index in [1.807, 2.05) is 25.1 Å². The van der Waals surface area contributed by atoms with Crippen LogP contribution in [0.1, 0.15) is 19.4 Å². The van der Waals surface area contributed by atoms with Gasteiger partial charge in [0.2, 0.25) is 15.9 Å². The Hall–Kier alpha value is -1.86. The molecule has 7 heteroatoms. The van der Waals surface area contributed by atoms with Gasteiger partial charge in [-0.05, 0) is 59.1 Å². The third-order valence-electron chi connectivity index (χ3n) is 3.82. The van der Waals surface area contributed by atoms with Gasteiger partial charge < -0.3 is 5.32 Å². The average molecular weight is 425 g/mol. The first-order chi connectivity index (χ1) is 11.7. The number of sulfonamides is 1. The van der Waals surface area contributed by atoms with Crippen LogP contribution in [0, 0.1) is 0 Å². The summed E-state index contributed by atoms with van der Waals surface area (Å²) in [5.41, 5.74) is 2.16. The van der Waals surface area contributed by atoms with E-state index < -0.39 is 22.0 Å². The molecule has 1 N–H and O–H groups in total. The Morgan fingerprint density at radius 1 is 1.16 bits per heavy atom. The molecule has 0 unspecified atom stereocenters. The molecule has 25 heavy (non-hydrogen) atoms. The number of nitrogens with zero attached hydrogens (tertiary/aromatic N) is 1. The minimum absolute atomic E-state index is 0.406. The van der Waals surface area contributed by atoms with Crippen molar-refractivity contribution in [2.75, 3.05) is 15.9 Å². The quantitative estimate of drug-likeness (QED) is 0.766. The van der Waals surface area contributed by atoms with Gasteiger partial charge in [0.15, 0.2) is 0 Å². The van der Waals surface area contributed by atoms with Gasteiger partial charge in [0, 0.05) is 4.47 Å². The highest BCUT2D eigenvalue weighted by atomic mass is 79.9. The first-order valence-corrected chi connectivity index (χ1v) is 10.5. The minimum atomic E-state index is -3.62. The Morgan fingerprint density at radius 2 is 1.76 bits per heavy atom. The lowest BCUT2D eigenvalue weighted by molar-refractivity contribution is -0.116. The van der Waals surface area contributed by atoms with Crippen molar-refractivity contribution in [3.63, 3.8) is 0 Å². The van der Waals surface area contributed by atoms with Crippen molar-refractivity contribution in [3.05, 3.63) is 58.6 Å². The van der Waals surface area contributed by atoms with Gasteiger partial charge >= 0.3 is 0 Å². The van der Waals surface area contributed by atoms with Gasteiger partial charge in [0.05, 0.1) is 17.6 Å². The van der Waals surface area contributed by atoms with Crippen LogP contribution in [0.4, 0.5) is 11.4 Å². The number of rotatable bonds is 6. The molecular formula is C18H21BrN2O3S. The van der Waals surface area contributed by atoms with Crippen LogP contribution in [0.2, 0.25) is 0 Å². The summed E-state index contributed by atoms with van der Waals surface area (Å²) in [5.74, 6) is -0.406. The molecule has 5 nitrogen and oxygen atoms in total. The molecule has 0 aliphatic rings. The zero-order valence-corrected chi connectivity index (χ0v) is 16.8. The predicted octanol–water partition coefficient (Wildman–Crippen LogP) is 3.80. The number of nitrogens with one attached hydrogen (secondary N) is 1. The molecule has 0 bridgehead atoms. The van der Waals surface area contributed by atoms with Gasteiger partial charge in [-0.15, -0.1) is 0 Å². The molecule has 0 aromatic heterocycles. The summed E-state index contributed by atoms with van der Waals surface area (Å²) >= 11 is 3.36. The summed E-state index contributed by atoms with van der Waals surface area (Å²) in [7, 11) is -3.62. The highest BCUT2D eigenvalue weighted by molar-refractivity contribution is 9.10. The van der Waals surface area contributed by atoms with E-state index in [2.05, 4.69) is 21.2 Å². The van der Waals surface area contributed by atoms with Crippen LogP contribution in [0.15, 0.2) is 53.0 Å². The zero-order chi connectivity index (χ0) is 18.6. The number of para-hydroxylation sites is 1. The molecule has 2 aromatic rings. The fourth-order valence-corrected chi connectivity index (χ4v) is 4.05. The van der Waals surface area contributed by atoms with Gasteiger partial charge in [0.25, 0.3) is 0 Å². The summed E-state index contributed by atoms with van der Waals surface area (Å²) in [6, 6.07) is 13.5. The first kappa shape index (κ1) is 19.5. The molecule has 2 aromatic carbocycles. The van der Waals surface area contributed by atoms with Gasteiger partial charge in [-0.3, -0.25) is 9.10 Å². The Balaban J connectivity index is 2.31. The molecule has 0 aliphatic heterocycles. The lowest BCUT2D eigenvalue weighted by atomic mass is 10.1. The number of carbonyl (C=O) groups excluding carboxylic acids is 1. The fraction of sp³-hybridized carbons (Fsp3) is 0.278. The Morgan fingerprint density at radius 3 is 2.28 bits per heavy atom. The molecule has 0 aliphatic carbocycles. The molecule has 2 rings (SSSR count). The van der Waals surface area contributed by atoms with Crippen LogP contribution in [0.3, 0.4) is 0 Å². The summed E-state index contributed by atoms with van der Waals surface area (Å²) < 4.78 is 26.4. The van der Waals surface area contributed by atoms with Crippen LogP contribution < -0.4 is 9.62 Å². The van der Waals surface area contributed by atoms with Crippen molar-refractivity contribution in [1.29, 1.82) is 0 Å². The third-order valence-corrected chi connectivity index (χ3v) is 5.75. The summed E-state index contributed by atoms with van der Waals surface area (Å²) in [6.07, 6.45) is 1.96. The second-order valence-corrected chi connectivity index (χ2v) is 8.44. The van der Waals surface area contributed by atoms with Crippen molar-refractivity contribution < 1.29 is 13.2 Å². The molecule has 0 radical (unpaired) electrons. The van der Waals surface area contributed by atoms with E-state index in [0.29, 0.717) is 11.4 Å². The second-order valence-electron chi connectivity index (χ2n) is 5.72. The highest BCUT2D eigenvalue weighted by Gasteiger charge is 2.29. The summed E-state index contributed by atoms with van der Waals surface area (Å²) in [5, 5.41) is 2.76. The van der Waals surface area contributed by atoms with Crippen LogP contribution >= 0.6 is 15.9 Å². The van der Waals surface area contributed by atoms with Crippen molar-refractivity contribution in [1.82, 2.24) is 0 Å². The number of halogens is 1. The normalized spacial score (nSPS) is 12.5. The van der Waals surface area contributed by atoms with Crippen LogP contribution in [-0.2, 0) is 21.2 Å². The Labute approximate surface area is 157 Å². The van der Waals surface area contributed by atoms with Gasteiger partial charge in [-0.1, -0.05) is 31.2 Å². The second kappa shape index (κ2) is 8.01. The van der Waals surface area contributed by atoms with E-state index in [0.717, 1.165) is 27.0 Å². The largest absolute Gasteiger partial charge is 0.323 e. The number of hydrogen-bond acceptors (Lipinski definition) is 3. The Kier molecular flexibility index (Phi) is 6.24. The van der Waals surface area contributed by atoms with Crippen molar-refractivity contribution in [2.45, 2.75) is 26.3 Å². The smallest absolute Gasteiger partial charge is 0.248 e. The number of aryl methyl sites for hydroxylation is 1. The maximum Gasteiger partial charge on any atom is 0.248 e. The van der Waals surface area contributed by atoms with E-state index in [1.54, 1.807) is 37.3 Å². The van der Waals surface area contributed by atoms with Crippen molar-refractivity contribution in [3.8, 4) is 0 Å². The molecule has 0 heterocycles. The first-order valence-electron chi connectivity index (χ1n) is 7.87. The standard InChI is InChI=1S/C18H21BrN2O3S/c1-4-14-9-11-15(12-10-14)21(25(3,23)24)13(2)18(22)20-17-8-6-5-7-16(17)19/h5-13H,4H2,1-3H3,(H,20,22)/t13-/m1/s1. The van der Waals surface area contributed by atoms with E-state index in [1.165, 1.54) is 0 Å². The molecule has 1 atom stereocenters. The maximum atomic E-state index is 12.6. The average Bonchev–Trinajstić information content (AvgIpc) is 2.56. The lowest BCUT2D eigenvalue weighted by Crippen LogP contribution is -2.45. The van der Waals surface area contributed by atoms with Crippen molar-refractivity contribution in [2.24, 2.45) is 0 Å². The SMILES string of the molecule is CCc1ccc(N([C@H](C)C(=O)Nc2ccccc2Br)S(C)(=O)=O)cc1. The topological polar surface area (TPSA) is 66.5 Å². The highest BCUT2D eigenvalue weighted by Crippen LogP contribution is 2.24. The number of carbonyl (C=O) groups is 1. The molecule has 1 amide bonds. The Bertz CT molecular complexity index is 851. The maximum absolute atomic E-state index is 12.6. The van der Waals surface area contributed by atoms with E-state index in [4.69, 9.17) is 0 Å². The van der Waals surface area contributed by atoms with Gasteiger partial charge in [-0.25, -0.2) is 8.42 Å². The molecule has 134 valence electrons. The lowest BCUT2D eigenvalue weighted by Gasteiger charge is -2.28. The van der Waals surface area contributed by atoms with E-state index >= 15 is 0 Å². The molecule has 0 saturated heterocycles. The fourth-order valence-electron chi connectivity index (χ4n) is 2.49.